The van der Waals surface area contributed by atoms with Crippen molar-refractivity contribution in [2.45, 2.75) is 12.6 Å². The molecule has 8 heteroatoms. The zero-order valence-corrected chi connectivity index (χ0v) is 17.9. The number of aromatic nitrogens is 2. The van der Waals surface area contributed by atoms with Gasteiger partial charge in [-0.05, 0) is 42.0 Å². The fourth-order valence-electron chi connectivity index (χ4n) is 3.36. The van der Waals surface area contributed by atoms with Crippen LogP contribution in [0.5, 0.6) is 5.75 Å². The fraction of sp³-hybridized carbons (Fsp3) is 0.120. The van der Waals surface area contributed by atoms with Gasteiger partial charge in [0, 0.05) is 24.6 Å². The summed E-state index contributed by atoms with van der Waals surface area (Å²) < 4.78 is 10.8. The predicted octanol–water partition coefficient (Wildman–Crippen LogP) is 3.78. The van der Waals surface area contributed by atoms with E-state index in [1.807, 2.05) is 30.3 Å². The molecule has 2 heterocycles. The standard InChI is InChI=1S/C25H22N4O4/c1-32-20-11-9-19(10-12-20)29(25(31)21-17-26-13-14-27-21)23(22-8-5-15-33-22)24(30)28-16-18-6-3-2-4-7-18/h2-15,17,23H,16H2,1H3,(H,28,30). The van der Waals surface area contributed by atoms with Crippen LogP contribution in [0.15, 0.2) is 96.0 Å². The fourth-order valence-corrected chi connectivity index (χ4v) is 3.36. The van der Waals surface area contributed by atoms with Gasteiger partial charge in [-0.15, -0.1) is 0 Å². The molecule has 0 saturated heterocycles. The Kier molecular flexibility index (Phi) is 6.75. The van der Waals surface area contributed by atoms with E-state index in [1.54, 1.807) is 43.5 Å². The first-order valence-corrected chi connectivity index (χ1v) is 10.3. The largest absolute Gasteiger partial charge is 0.497 e. The number of anilines is 1. The molecule has 0 saturated carbocycles. The zero-order chi connectivity index (χ0) is 23.0. The summed E-state index contributed by atoms with van der Waals surface area (Å²) in [7, 11) is 1.56. The molecule has 0 aliphatic carbocycles. The Bertz CT molecular complexity index is 1180. The minimum atomic E-state index is -1.08. The van der Waals surface area contributed by atoms with Crippen molar-refractivity contribution < 1.29 is 18.7 Å². The van der Waals surface area contributed by atoms with E-state index in [4.69, 9.17) is 9.15 Å². The highest BCUT2D eigenvalue weighted by Crippen LogP contribution is 2.31. The van der Waals surface area contributed by atoms with E-state index in [2.05, 4.69) is 15.3 Å². The lowest BCUT2D eigenvalue weighted by Gasteiger charge is -2.29. The summed E-state index contributed by atoms with van der Waals surface area (Å²) >= 11 is 0. The minimum absolute atomic E-state index is 0.0979. The van der Waals surface area contributed by atoms with Crippen LogP contribution < -0.4 is 15.0 Å². The smallest absolute Gasteiger partial charge is 0.279 e. The summed E-state index contributed by atoms with van der Waals surface area (Å²) in [5.74, 6) is 0.0359. The average molecular weight is 442 g/mol. The number of hydrogen-bond acceptors (Lipinski definition) is 6. The number of hydrogen-bond donors (Lipinski definition) is 1. The second-order valence-corrected chi connectivity index (χ2v) is 7.09. The van der Waals surface area contributed by atoms with Gasteiger partial charge in [0.2, 0.25) is 0 Å². The summed E-state index contributed by atoms with van der Waals surface area (Å²) in [6.07, 6.45) is 5.73. The van der Waals surface area contributed by atoms with Gasteiger partial charge >= 0.3 is 0 Å². The maximum absolute atomic E-state index is 13.6. The normalized spacial score (nSPS) is 11.4. The van der Waals surface area contributed by atoms with Crippen LogP contribution in [0, 0.1) is 0 Å². The number of ether oxygens (including phenoxy) is 1. The highest BCUT2D eigenvalue weighted by Gasteiger charge is 2.36. The molecule has 2 aromatic heterocycles. The van der Waals surface area contributed by atoms with Crippen molar-refractivity contribution >= 4 is 17.5 Å². The van der Waals surface area contributed by atoms with Gasteiger partial charge in [0.25, 0.3) is 11.8 Å². The van der Waals surface area contributed by atoms with Crippen LogP contribution in [0.25, 0.3) is 0 Å². The molecule has 2 aromatic carbocycles. The number of benzene rings is 2. The van der Waals surface area contributed by atoms with Crippen LogP contribution in [0.3, 0.4) is 0 Å². The highest BCUT2D eigenvalue weighted by molar-refractivity contribution is 6.08. The molecule has 4 aromatic rings. The molecule has 8 nitrogen and oxygen atoms in total. The molecule has 2 amide bonds. The first-order valence-electron chi connectivity index (χ1n) is 10.3. The number of amides is 2. The maximum atomic E-state index is 13.6. The van der Waals surface area contributed by atoms with E-state index in [1.165, 1.54) is 29.8 Å². The Morgan fingerprint density at radius 2 is 1.82 bits per heavy atom. The van der Waals surface area contributed by atoms with Crippen molar-refractivity contribution in [3.8, 4) is 5.75 Å². The van der Waals surface area contributed by atoms with Crippen LogP contribution in [0.1, 0.15) is 27.9 Å². The van der Waals surface area contributed by atoms with E-state index in [9.17, 15) is 9.59 Å². The van der Waals surface area contributed by atoms with Gasteiger partial charge in [-0.25, -0.2) is 4.98 Å². The lowest BCUT2D eigenvalue weighted by molar-refractivity contribution is -0.123. The van der Waals surface area contributed by atoms with Crippen LogP contribution in [-0.4, -0.2) is 28.9 Å². The SMILES string of the molecule is COc1ccc(N(C(=O)c2cnccn2)C(C(=O)NCc2ccccc2)c2ccco2)cc1. The van der Waals surface area contributed by atoms with Gasteiger partial charge in [-0.1, -0.05) is 30.3 Å². The molecule has 1 N–H and O–H groups in total. The predicted molar refractivity (Wildman–Crippen MR) is 122 cm³/mol. The molecule has 0 spiro atoms. The van der Waals surface area contributed by atoms with Crippen molar-refractivity contribution in [3.05, 3.63) is 109 Å². The summed E-state index contributed by atoms with van der Waals surface area (Å²) in [5.41, 5.74) is 1.50. The van der Waals surface area contributed by atoms with E-state index in [0.717, 1.165) is 5.56 Å². The number of nitrogens with zero attached hydrogens (tertiary/aromatic N) is 3. The van der Waals surface area contributed by atoms with Crippen molar-refractivity contribution in [2.24, 2.45) is 0 Å². The van der Waals surface area contributed by atoms with E-state index in [0.29, 0.717) is 23.7 Å². The third-order valence-corrected chi connectivity index (χ3v) is 4.98. The minimum Gasteiger partial charge on any atom is -0.497 e. The van der Waals surface area contributed by atoms with Gasteiger partial charge in [0.1, 0.15) is 17.2 Å². The number of furan rings is 1. The Hall–Kier alpha value is -4.46. The third kappa shape index (κ3) is 5.07. The van der Waals surface area contributed by atoms with Gasteiger partial charge in [-0.2, -0.15) is 0 Å². The molecule has 0 bridgehead atoms. The van der Waals surface area contributed by atoms with Crippen LogP contribution in [0.2, 0.25) is 0 Å². The monoisotopic (exact) mass is 442 g/mol. The van der Waals surface area contributed by atoms with E-state index < -0.39 is 17.9 Å². The van der Waals surface area contributed by atoms with Gasteiger partial charge < -0.3 is 14.5 Å². The molecule has 0 radical (unpaired) electrons. The zero-order valence-electron chi connectivity index (χ0n) is 17.9. The Labute approximate surface area is 190 Å². The Morgan fingerprint density at radius 3 is 2.45 bits per heavy atom. The maximum Gasteiger partial charge on any atom is 0.279 e. The van der Waals surface area contributed by atoms with Crippen LogP contribution in [-0.2, 0) is 11.3 Å². The van der Waals surface area contributed by atoms with Crippen molar-refractivity contribution in [2.75, 3.05) is 12.0 Å². The van der Waals surface area contributed by atoms with Crippen LogP contribution in [0.4, 0.5) is 5.69 Å². The Morgan fingerprint density at radius 1 is 1.03 bits per heavy atom. The van der Waals surface area contributed by atoms with Crippen molar-refractivity contribution in [1.29, 1.82) is 0 Å². The molecular weight excluding hydrogens is 420 g/mol. The molecule has 0 fully saturated rings. The topological polar surface area (TPSA) is 97.6 Å². The van der Waals surface area contributed by atoms with Crippen molar-refractivity contribution in [3.63, 3.8) is 0 Å². The number of methoxy groups -OCH3 is 1. The number of nitrogens with one attached hydrogen (secondary N) is 1. The second-order valence-electron chi connectivity index (χ2n) is 7.09. The molecule has 0 aliphatic heterocycles. The summed E-state index contributed by atoms with van der Waals surface area (Å²) in [6.45, 7) is 0.298. The average Bonchev–Trinajstić information content (AvgIpc) is 3.41. The number of rotatable bonds is 8. The molecule has 4 rings (SSSR count). The highest BCUT2D eigenvalue weighted by atomic mass is 16.5. The van der Waals surface area contributed by atoms with Gasteiger partial charge in [0.05, 0.1) is 19.6 Å². The molecule has 1 atom stereocenters. The third-order valence-electron chi connectivity index (χ3n) is 4.98. The Balaban J connectivity index is 1.73. The molecule has 166 valence electrons. The first kappa shape index (κ1) is 21.8. The number of carbonyl (C=O) groups excluding carboxylic acids is 2. The van der Waals surface area contributed by atoms with Gasteiger partial charge in [-0.3, -0.25) is 19.5 Å². The quantitative estimate of drug-likeness (QED) is 0.446. The summed E-state index contributed by atoms with van der Waals surface area (Å²) in [4.78, 5) is 36.5. The van der Waals surface area contributed by atoms with E-state index >= 15 is 0 Å². The molecule has 0 aliphatic rings. The first-order chi connectivity index (χ1) is 16.2. The lowest BCUT2D eigenvalue weighted by Crippen LogP contribution is -2.44. The van der Waals surface area contributed by atoms with Crippen LogP contribution >= 0.6 is 0 Å². The molecule has 1 unspecified atom stereocenters. The second kappa shape index (κ2) is 10.2. The lowest BCUT2D eigenvalue weighted by atomic mass is 10.1. The van der Waals surface area contributed by atoms with E-state index in [-0.39, 0.29) is 5.69 Å². The molecular formula is C25H22N4O4. The van der Waals surface area contributed by atoms with Gasteiger partial charge in [0.15, 0.2) is 6.04 Å². The van der Waals surface area contributed by atoms with Crippen molar-refractivity contribution in [1.82, 2.24) is 15.3 Å². The summed E-state index contributed by atoms with van der Waals surface area (Å²) in [5, 5.41) is 2.91. The molecule has 33 heavy (non-hydrogen) atoms. The number of carbonyl (C=O) groups is 2. The summed E-state index contributed by atoms with van der Waals surface area (Å²) in [6, 6.07) is 18.6.